The molecule has 0 spiro atoms. The second kappa shape index (κ2) is 18.7. The van der Waals surface area contributed by atoms with Crippen molar-refractivity contribution in [1.29, 1.82) is 0 Å². The molecule has 0 heterocycles. The molecule has 0 saturated heterocycles. The molecule has 0 radical (unpaired) electrons. The summed E-state index contributed by atoms with van der Waals surface area (Å²) in [4.78, 5) is 0. The highest BCUT2D eigenvalue weighted by Crippen LogP contribution is 2.18. The molecule has 1 aromatic carbocycles. The third kappa shape index (κ3) is 15.3. The van der Waals surface area contributed by atoms with Crippen LogP contribution in [0.4, 0.5) is 0 Å². The van der Waals surface area contributed by atoms with Crippen LogP contribution in [0.3, 0.4) is 0 Å². The van der Waals surface area contributed by atoms with Crippen LogP contribution in [0.15, 0.2) is 36.4 Å². The Bertz CT molecular complexity index is 511. The average molecular weight is 402 g/mol. The number of hydrogen-bond acceptors (Lipinski definition) is 2. The van der Waals surface area contributed by atoms with Gasteiger partial charge in [0.2, 0.25) is 0 Å². The van der Waals surface area contributed by atoms with Crippen LogP contribution < -0.4 is 10.1 Å². The zero-order chi connectivity index (χ0) is 21.0. The first kappa shape index (κ1) is 25.8. The zero-order valence-electron chi connectivity index (χ0n) is 19.4. The van der Waals surface area contributed by atoms with E-state index < -0.39 is 0 Å². The van der Waals surface area contributed by atoms with Crippen LogP contribution in [-0.2, 0) is 6.54 Å². The summed E-state index contributed by atoms with van der Waals surface area (Å²) in [5, 5.41) is 3.57. The minimum atomic E-state index is 0.593. The topological polar surface area (TPSA) is 21.3 Å². The summed E-state index contributed by atoms with van der Waals surface area (Å²) in [6.45, 7) is 10.8. The number of hydrogen-bond donors (Lipinski definition) is 1. The highest BCUT2D eigenvalue weighted by atomic mass is 16.5. The maximum absolute atomic E-state index is 5.84. The summed E-state index contributed by atoms with van der Waals surface area (Å²) >= 11 is 0. The molecule has 2 nitrogen and oxygen atoms in total. The van der Waals surface area contributed by atoms with Crippen LogP contribution in [0.25, 0.3) is 0 Å². The Morgan fingerprint density at radius 2 is 1.31 bits per heavy atom. The number of rotatable bonds is 20. The monoisotopic (exact) mass is 401 g/mol. The molecule has 0 fully saturated rings. The van der Waals surface area contributed by atoms with Gasteiger partial charge in [-0.15, -0.1) is 0 Å². The van der Waals surface area contributed by atoms with Gasteiger partial charge in [0.15, 0.2) is 0 Å². The summed E-state index contributed by atoms with van der Waals surface area (Å²) in [5.41, 5.74) is 2.29. The Morgan fingerprint density at radius 1 is 0.793 bits per heavy atom. The molecule has 0 aromatic heterocycles. The third-order valence-corrected chi connectivity index (χ3v) is 5.47. The van der Waals surface area contributed by atoms with Crippen LogP contribution in [0.5, 0.6) is 5.75 Å². The van der Waals surface area contributed by atoms with Gasteiger partial charge in [-0.2, -0.15) is 0 Å². The van der Waals surface area contributed by atoms with Gasteiger partial charge < -0.3 is 10.1 Å². The first-order chi connectivity index (χ1) is 14.2. The molecule has 0 bridgehead atoms. The predicted molar refractivity (Wildman–Crippen MR) is 129 cm³/mol. The predicted octanol–water partition coefficient (Wildman–Crippen LogP) is 8.21. The number of unbranched alkanes of at least 4 members (excludes halogenated alkanes) is 13. The number of benzene rings is 1. The molecule has 0 unspecified atom stereocenters. The van der Waals surface area contributed by atoms with Crippen LogP contribution in [0.1, 0.15) is 109 Å². The standard InChI is InChI=1S/C27H47NO/c1-4-5-6-7-8-9-10-11-12-13-14-15-16-19-22-28-23-26-20-17-18-21-27(26)29-24-25(2)3/h17-18,20-21,28H,2,4-16,19,22-24H2,1,3H3. The number of ether oxygens (including phenoxy) is 1. The van der Waals surface area contributed by atoms with E-state index in [2.05, 4.69) is 31.0 Å². The van der Waals surface area contributed by atoms with Crippen molar-refractivity contribution in [3.8, 4) is 5.75 Å². The minimum absolute atomic E-state index is 0.593. The molecule has 0 aliphatic heterocycles. The van der Waals surface area contributed by atoms with Crippen molar-refractivity contribution in [3.63, 3.8) is 0 Å². The molecule has 1 N–H and O–H groups in total. The molecule has 1 aromatic rings. The maximum Gasteiger partial charge on any atom is 0.124 e. The molecule has 166 valence electrons. The van der Waals surface area contributed by atoms with E-state index in [0.29, 0.717) is 6.61 Å². The lowest BCUT2D eigenvalue weighted by Gasteiger charge is -2.12. The van der Waals surface area contributed by atoms with E-state index in [1.54, 1.807) is 0 Å². The van der Waals surface area contributed by atoms with Gasteiger partial charge in [-0.3, -0.25) is 0 Å². The lowest BCUT2D eigenvalue weighted by molar-refractivity contribution is 0.347. The van der Waals surface area contributed by atoms with Crippen molar-refractivity contribution in [2.45, 2.75) is 110 Å². The lowest BCUT2D eigenvalue weighted by Crippen LogP contribution is -2.15. The van der Waals surface area contributed by atoms with E-state index in [1.165, 1.54) is 95.5 Å². The molecule has 0 aliphatic rings. The Labute approximate surface area is 181 Å². The zero-order valence-corrected chi connectivity index (χ0v) is 19.4. The van der Waals surface area contributed by atoms with Gasteiger partial charge in [0.25, 0.3) is 0 Å². The molecular formula is C27H47NO. The molecule has 0 amide bonds. The van der Waals surface area contributed by atoms with Gasteiger partial charge in [-0.25, -0.2) is 0 Å². The Balaban J connectivity index is 1.90. The number of para-hydroxylation sites is 1. The fraction of sp³-hybridized carbons (Fsp3) is 0.704. The summed E-state index contributed by atoms with van der Waals surface area (Å²) in [7, 11) is 0. The molecule has 1 rings (SSSR count). The van der Waals surface area contributed by atoms with Gasteiger partial charge in [0.1, 0.15) is 12.4 Å². The average Bonchev–Trinajstić information content (AvgIpc) is 2.72. The Kier molecular flexibility index (Phi) is 16.6. The van der Waals surface area contributed by atoms with Gasteiger partial charge >= 0.3 is 0 Å². The fourth-order valence-electron chi connectivity index (χ4n) is 3.66. The van der Waals surface area contributed by atoms with Crippen molar-refractivity contribution in [2.24, 2.45) is 0 Å². The highest BCUT2D eigenvalue weighted by Gasteiger charge is 2.02. The fourth-order valence-corrected chi connectivity index (χ4v) is 3.66. The van der Waals surface area contributed by atoms with Gasteiger partial charge in [0, 0.05) is 12.1 Å². The SMILES string of the molecule is C=C(C)COc1ccccc1CNCCCCCCCCCCCCCCCC. The summed E-state index contributed by atoms with van der Waals surface area (Å²) < 4.78 is 5.84. The van der Waals surface area contributed by atoms with Crippen molar-refractivity contribution < 1.29 is 4.74 Å². The van der Waals surface area contributed by atoms with Crippen LogP contribution >= 0.6 is 0 Å². The normalized spacial score (nSPS) is 11.0. The van der Waals surface area contributed by atoms with E-state index in [9.17, 15) is 0 Å². The van der Waals surface area contributed by atoms with Gasteiger partial charge in [-0.05, 0) is 31.5 Å². The van der Waals surface area contributed by atoms with E-state index >= 15 is 0 Å². The second-order valence-corrected chi connectivity index (χ2v) is 8.63. The van der Waals surface area contributed by atoms with Crippen molar-refractivity contribution in [3.05, 3.63) is 42.0 Å². The summed E-state index contributed by atoms with van der Waals surface area (Å²) in [6.07, 6.45) is 19.8. The van der Waals surface area contributed by atoms with Crippen LogP contribution in [0, 0.1) is 0 Å². The molecule has 2 heteroatoms. The summed E-state index contributed by atoms with van der Waals surface area (Å²) in [6, 6.07) is 8.31. The molecule has 0 saturated carbocycles. The van der Waals surface area contributed by atoms with Crippen molar-refractivity contribution in [2.75, 3.05) is 13.2 Å². The van der Waals surface area contributed by atoms with E-state index in [1.807, 2.05) is 19.1 Å². The smallest absolute Gasteiger partial charge is 0.124 e. The molecular weight excluding hydrogens is 354 g/mol. The van der Waals surface area contributed by atoms with E-state index in [-0.39, 0.29) is 0 Å². The largest absolute Gasteiger partial charge is 0.489 e. The lowest BCUT2D eigenvalue weighted by atomic mass is 10.0. The van der Waals surface area contributed by atoms with E-state index in [4.69, 9.17) is 4.74 Å². The number of nitrogens with one attached hydrogen (secondary N) is 1. The quantitative estimate of drug-likeness (QED) is 0.175. The molecule has 0 aliphatic carbocycles. The van der Waals surface area contributed by atoms with Gasteiger partial charge in [0.05, 0.1) is 0 Å². The second-order valence-electron chi connectivity index (χ2n) is 8.63. The Morgan fingerprint density at radius 3 is 1.86 bits per heavy atom. The first-order valence-corrected chi connectivity index (χ1v) is 12.3. The van der Waals surface area contributed by atoms with Crippen LogP contribution in [-0.4, -0.2) is 13.2 Å². The minimum Gasteiger partial charge on any atom is -0.489 e. The molecule has 0 atom stereocenters. The van der Waals surface area contributed by atoms with Crippen molar-refractivity contribution in [1.82, 2.24) is 5.32 Å². The maximum atomic E-state index is 5.84. The first-order valence-electron chi connectivity index (χ1n) is 12.3. The summed E-state index contributed by atoms with van der Waals surface area (Å²) in [5.74, 6) is 0.976. The third-order valence-electron chi connectivity index (χ3n) is 5.47. The van der Waals surface area contributed by atoms with Gasteiger partial charge in [-0.1, -0.05) is 115 Å². The van der Waals surface area contributed by atoms with E-state index in [0.717, 1.165) is 24.4 Å². The molecule has 29 heavy (non-hydrogen) atoms. The highest BCUT2D eigenvalue weighted by molar-refractivity contribution is 5.33. The van der Waals surface area contributed by atoms with Crippen LogP contribution in [0.2, 0.25) is 0 Å². The Hall–Kier alpha value is -1.28. The van der Waals surface area contributed by atoms with Crippen molar-refractivity contribution >= 4 is 0 Å².